The highest BCUT2D eigenvalue weighted by atomic mass is 16.5. The van der Waals surface area contributed by atoms with Crippen molar-refractivity contribution >= 4 is 0 Å². The standard InChI is InChI=1S/C15H25NO2/c1-11(2)9-10-18-14-8-6-7-13(17-5)15(14)12(3)16-4/h6-8,11-12,16H,9-10H2,1-5H3. The number of hydrogen-bond donors (Lipinski definition) is 1. The van der Waals surface area contributed by atoms with Crippen LogP contribution in [0.5, 0.6) is 11.5 Å². The second-order valence-corrected chi connectivity index (χ2v) is 4.91. The van der Waals surface area contributed by atoms with Gasteiger partial charge in [-0.15, -0.1) is 0 Å². The molecule has 0 aliphatic heterocycles. The van der Waals surface area contributed by atoms with Crippen molar-refractivity contribution in [3.63, 3.8) is 0 Å². The molecule has 3 nitrogen and oxygen atoms in total. The highest BCUT2D eigenvalue weighted by molar-refractivity contribution is 5.46. The smallest absolute Gasteiger partial charge is 0.127 e. The van der Waals surface area contributed by atoms with E-state index in [0.717, 1.165) is 30.1 Å². The van der Waals surface area contributed by atoms with Crippen LogP contribution in [0, 0.1) is 5.92 Å². The molecule has 18 heavy (non-hydrogen) atoms. The predicted molar refractivity (Wildman–Crippen MR) is 75.4 cm³/mol. The van der Waals surface area contributed by atoms with Crippen LogP contribution in [-0.4, -0.2) is 20.8 Å². The lowest BCUT2D eigenvalue weighted by atomic mass is 10.1. The molecule has 0 heterocycles. The molecule has 3 heteroatoms. The van der Waals surface area contributed by atoms with Crippen molar-refractivity contribution in [3.05, 3.63) is 23.8 Å². The van der Waals surface area contributed by atoms with Gasteiger partial charge in [0.2, 0.25) is 0 Å². The Kier molecular flexibility index (Phi) is 5.99. The van der Waals surface area contributed by atoms with Crippen LogP contribution < -0.4 is 14.8 Å². The topological polar surface area (TPSA) is 30.5 Å². The van der Waals surface area contributed by atoms with Gasteiger partial charge in [-0.3, -0.25) is 0 Å². The van der Waals surface area contributed by atoms with Crippen molar-refractivity contribution in [1.82, 2.24) is 5.32 Å². The van der Waals surface area contributed by atoms with Crippen LogP contribution in [0.2, 0.25) is 0 Å². The zero-order valence-electron chi connectivity index (χ0n) is 12.1. The van der Waals surface area contributed by atoms with Crippen molar-refractivity contribution in [2.75, 3.05) is 20.8 Å². The molecule has 0 spiro atoms. The summed E-state index contributed by atoms with van der Waals surface area (Å²) in [6.07, 6.45) is 1.06. The molecule has 0 aliphatic rings. The van der Waals surface area contributed by atoms with Gasteiger partial charge in [-0.1, -0.05) is 19.9 Å². The van der Waals surface area contributed by atoms with Crippen LogP contribution in [0.3, 0.4) is 0 Å². The molecule has 1 aromatic rings. The van der Waals surface area contributed by atoms with Crippen LogP contribution in [-0.2, 0) is 0 Å². The van der Waals surface area contributed by atoms with Gasteiger partial charge in [0, 0.05) is 6.04 Å². The Hall–Kier alpha value is -1.22. The Morgan fingerprint density at radius 1 is 1.17 bits per heavy atom. The van der Waals surface area contributed by atoms with E-state index in [0.29, 0.717) is 5.92 Å². The molecule has 102 valence electrons. The molecule has 0 amide bonds. The fourth-order valence-electron chi connectivity index (χ4n) is 1.80. The molecule has 0 aromatic heterocycles. The van der Waals surface area contributed by atoms with Crippen LogP contribution in [0.15, 0.2) is 18.2 Å². The minimum Gasteiger partial charge on any atom is -0.496 e. The average Bonchev–Trinajstić information content (AvgIpc) is 2.37. The lowest BCUT2D eigenvalue weighted by molar-refractivity contribution is 0.282. The summed E-state index contributed by atoms with van der Waals surface area (Å²) in [7, 11) is 3.63. The summed E-state index contributed by atoms with van der Waals surface area (Å²) in [6, 6.07) is 6.15. The SMILES string of the molecule is CNC(C)c1c(OC)cccc1OCCC(C)C. The maximum Gasteiger partial charge on any atom is 0.127 e. The van der Waals surface area contributed by atoms with Gasteiger partial charge < -0.3 is 14.8 Å². The highest BCUT2D eigenvalue weighted by Crippen LogP contribution is 2.33. The highest BCUT2D eigenvalue weighted by Gasteiger charge is 2.15. The zero-order valence-corrected chi connectivity index (χ0v) is 12.1. The molecular formula is C15H25NO2. The molecule has 0 fully saturated rings. The molecular weight excluding hydrogens is 226 g/mol. The summed E-state index contributed by atoms with van der Waals surface area (Å²) in [5.41, 5.74) is 1.09. The Labute approximate surface area is 110 Å². The van der Waals surface area contributed by atoms with Gasteiger partial charge in [0.25, 0.3) is 0 Å². The normalized spacial score (nSPS) is 12.6. The first kappa shape index (κ1) is 14.8. The molecule has 0 saturated heterocycles. The second-order valence-electron chi connectivity index (χ2n) is 4.91. The molecule has 0 saturated carbocycles. The summed E-state index contributed by atoms with van der Waals surface area (Å²) in [5, 5.41) is 3.24. The first-order chi connectivity index (χ1) is 8.60. The van der Waals surface area contributed by atoms with E-state index in [1.165, 1.54) is 0 Å². The molecule has 1 rings (SSSR count). The quantitative estimate of drug-likeness (QED) is 0.805. The molecule has 0 radical (unpaired) electrons. The van der Waals surface area contributed by atoms with Crippen LogP contribution >= 0.6 is 0 Å². The van der Waals surface area contributed by atoms with Gasteiger partial charge in [-0.05, 0) is 38.4 Å². The lowest BCUT2D eigenvalue weighted by Crippen LogP contribution is -2.15. The van der Waals surface area contributed by atoms with E-state index in [9.17, 15) is 0 Å². The van der Waals surface area contributed by atoms with Gasteiger partial charge in [-0.2, -0.15) is 0 Å². The van der Waals surface area contributed by atoms with Crippen molar-refractivity contribution in [2.24, 2.45) is 5.92 Å². The van der Waals surface area contributed by atoms with E-state index in [-0.39, 0.29) is 6.04 Å². The maximum absolute atomic E-state index is 5.89. The monoisotopic (exact) mass is 251 g/mol. The fraction of sp³-hybridized carbons (Fsp3) is 0.600. The van der Waals surface area contributed by atoms with E-state index in [2.05, 4.69) is 26.1 Å². The zero-order chi connectivity index (χ0) is 13.5. The first-order valence-corrected chi connectivity index (χ1v) is 6.57. The third-order valence-corrected chi connectivity index (χ3v) is 3.06. The third-order valence-electron chi connectivity index (χ3n) is 3.06. The van der Waals surface area contributed by atoms with Gasteiger partial charge in [0.15, 0.2) is 0 Å². The molecule has 1 aromatic carbocycles. The Morgan fingerprint density at radius 3 is 2.39 bits per heavy atom. The van der Waals surface area contributed by atoms with E-state index in [1.807, 2.05) is 25.2 Å². The van der Waals surface area contributed by atoms with Gasteiger partial charge in [-0.25, -0.2) is 0 Å². The summed E-state index contributed by atoms with van der Waals surface area (Å²) in [5.74, 6) is 2.44. The third kappa shape index (κ3) is 3.91. The van der Waals surface area contributed by atoms with Crippen molar-refractivity contribution in [2.45, 2.75) is 33.2 Å². The van der Waals surface area contributed by atoms with E-state index in [1.54, 1.807) is 7.11 Å². The fourth-order valence-corrected chi connectivity index (χ4v) is 1.80. The average molecular weight is 251 g/mol. The first-order valence-electron chi connectivity index (χ1n) is 6.57. The summed E-state index contributed by atoms with van der Waals surface area (Å²) in [6.45, 7) is 7.25. The van der Waals surface area contributed by atoms with Crippen LogP contribution in [0.1, 0.15) is 38.8 Å². The van der Waals surface area contributed by atoms with Crippen LogP contribution in [0.4, 0.5) is 0 Å². The van der Waals surface area contributed by atoms with Crippen molar-refractivity contribution in [1.29, 1.82) is 0 Å². The lowest BCUT2D eigenvalue weighted by Gasteiger charge is -2.19. The van der Waals surface area contributed by atoms with Crippen molar-refractivity contribution in [3.8, 4) is 11.5 Å². The number of nitrogens with one attached hydrogen (secondary N) is 1. The summed E-state index contributed by atoms with van der Waals surface area (Å²) in [4.78, 5) is 0. The van der Waals surface area contributed by atoms with Gasteiger partial charge in [0.1, 0.15) is 11.5 Å². The van der Waals surface area contributed by atoms with E-state index in [4.69, 9.17) is 9.47 Å². The van der Waals surface area contributed by atoms with Crippen molar-refractivity contribution < 1.29 is 9.47 Å². The molecule has 1 unspecified atom stereocenters. The predicted octanol–water partition coefficient (Wildman–Crippen LogP) is 3.40. The Balaban J connectivity index is 2.88. The van der Waals surface area contributed by atoms with Crippen LogP contribution in [0.25, 0.3) is 0 Å². The molecule has 0 bridgehead atoms. The minimum atomic E-state index is 0.204. The number of methoxy groups -OCH3 is 1. The second kappa shape index (κ2) is 7.27. The van der Waals surface area contributed by atoms with Gasteiger partial charge >= 0.3 is 0 Å². The van der Waals surface area contributed by atoms with E-state index >= 15 is 0 Å². The number of benzene rings is 1. The summed E-state index contributed by atoms with van der Waals surface area (Å²) >= 11 is 0. The minimum absolute atomic E-state index is 0.204. The number of hydrogen-bond acceptors (Lipinski definition) is 3. The van der Waals surface area contributed by atoms with Gasteiger partial charge in [0.05, 0.1) is 19.3 Å². The number of ether oxygens (including phenoxy) is 2. The molecule has 1 N–H and O–H groups in total. The largest absolute Gasteiger partial charge is 0.496 e. The maximum atomic E-state index is 5.89. The van der Waals surface area contributed by atoms with E-state index < -0.39 is 0 Å². The molecule has 0 aliphatic carbocycles. The Bertz CT molecular complexity index is 364. The number of rotatable bonds is 7. The molecule has 1 atom stereocenters. The summed E-state index contributed by atoms with van der Waals surface area (Å²) < 4.78 is 11.3. The Morgan fingerprint density at radius 2 is 1.83 bits per heavy atom.